The minimum absolute atomic E-state index is 0.932. The van der Waals surface area contributed by atoms with Gasteiger partial charge >= 0.3 is 0 Å². The van der Waals surface area contributed by atoms with Crippen LogP contribution in [0.25, 0.3) is 0 Å². The van der Waals surface area contributed by atoms with Crippen LogP contribution in [0.3, 0.4) is 0 Å². The summed E-state index contributed by atoms with van der Waals surface area (Å²) in [4.78, 5) is 0. The molecular weight excluding hydrogens is 380 g/mol. The molecule has 4 heteroatoms. The third-order valence-corrected chi connectivity index (χ3v) is 8.54. The third kappa shape index (κ3) is 9.31. The predicted octanol–water partition coefficient (Wildman–Crippen LogP) is 4.27. The molecule has 3 rings (SSSR count). The van der Waals surface area contributed by atoms with Crippen LogP contribution in [0.2, 0.25) is 0 Å². The second-order valence-corrected chi connectivity index (χ2v) is 11.5. The molecule has 7 atom stereocenters. The summed E-state index contributed by atoms with van der Waals surface area (Å²) in [6, 6.07) is 0. The summed E-state index contributed by atoms with van der Waals surface area (Å²) in [6.07, 6.45) is 12.7. The minimum Gasteiger partial charge on any atom is -0.317 e. The van der Waals surface area contributed by atoms with Crippen molar-refractivity contribution >= 4 is 0 Å². The summed E-state index contributed by atoms with van der Waals surface area (Å²) in [7, 11) is 0. The molecular formula is C27H54N4. The van der Waals surface area contributed by atoms with Gasteiger partial charge in [0.1, 0.15) is 0 Å². The maximum absolute atomic E-state index is 3.83. The van der Waals surface area contributed by atoms with Crippen LogP contribution in [-0.4, -0.2) is 52.4 Å². The van der Waals surface area contributed by atoms with E-state index in [-0.39, 0.29) is 0 Å². The maximum atomic E-state index is 3.83. The minimum atomic E-state index is 0.932. The maximum Gasteiger partial charge on any atom is -0.00153 e. The zero-order valence-corrected chi connectivity index (χ0v) is 21.1. The summed E-state index contributed by atoms with van der Waals surface area (Å²) in [5, 5.41) is 14.6. The Kier molecular flexibility index (Phi) is 11.6. The Morgan fingerprint density at radius 2 is 1.19 bits per heavy atom. The third-order valence-electron chi connectivity index (χ3n) is 8.54. The highest BCUT2D eigenvalue weighted by atomic mass is 14.9. The first-order valence-corrected chi connectivity index (χ1v) is 14.0. The van der Waals surface area contributed by atoms with Crippen LogP contribution in [0.15, 0.2) is 0 Å². The average Bonchev–Trinajstić information content (AvgIpc) is 3.48. The van der Waals surface area contributed by atoms with Gasteiger partial charge in [0.15, 0.2) is 0 Å². The molecule has 182 valence electrons. The van der Waals surface area contributed by atoms with Gasteiger partial charge in [0.25, 0.3) is 0 Å². The van der Waals surface area contributed by atoms with Crippen molar-refractivity contribution in [3.63, 3.8) is 0 Å². The van der Waals surface area contributed by atoms with Crippen molar-refractivity contribution in [2.45, 2.75) is 78.6 Å². The second kappa shape index (κ2) is 14.2. The van der Waals surface area contributed by atoms with E-state index in [2.05, 4.69) is 42.0 Å². The molecule has 3 aliphatic rings. The number of nitrogens with one attached hydrogen (secondary N) is 4. The van der Waals surface area contributed by atoms with E-state index in [4.69, 9.17) is 0 Å². The Morgan fingerprint density at radius 3 is 1.81 bits per heavy atom. The van der Waals surface area contributed by atoms with Gasteiger partial charge in [-0.15, -0.1) is 0 Å². The fourth-order valence-corrected chi connectivity index (χ4v) is 6.71. The van der Waals surface area contributed by atoms with E-state index < -0.39 is 0 Å². The Balaban J connectivity index is 1.10. The second-order valence-electron chi connectivity index (χ2n) is 11.5. The molecule has 0 aromatic rings. The van der Waals surface area contributed by atoms with Crippen molar-refractivity contribution < 1.29 is 0 Å². The van der Waals surface area contributed by atoms with Crippen LogP contribution in [0.5, 0.6) is 0 Å². The molecule has 4 N–H and O–H groups in total. The highest BCUT2D eigenvalue weighted by molar-refractivity contribution is 4.91. The number of fused-ring (bicyclic) bond motifs is 2. The van der Waals surface area contributed by atoms with Crippen molar-refractivity contribution in [2.75, 3.05) is 52.4 Å². The van der Waals surface area contributed by atoms with Crippen LogP contribution < -0.4 is 21.3 Å². The molecule has 3 saturated carbocycles. The Bertz CT molecular complexity index is 466. The van der Waals surface area contributed by atoms with Crippen molar-refractivity contribution in [1.82, 2.24) is 21.3 Å². The zero-order valence-electron chi connectivity index (χ0n) is 21.1. The Hall–Kier alpha value is -0.160. The smallest absolute Gasteiger partial charge is 0.00153 e. The van der Waals surface area contributed by atoms with Crippen molar-refractivity contribution in [3.8, 4) is 0 Å². The van der Waals surface area contributed by atoms with Gasteiger partial charge < -0.3 is 21.3 Å². The normalized spacial score (nSPS) is 34.7. The molecule has 3 aliphatic carbocycles. The zero-order chi connectivity index (χ0) is 21.9. The van der Waals surface area contributed by atoms with Crippen molar-refractivity contribution in [2.24, 2.45) is 41.4 Å². The van der Waals surface area contributed by atoms with E-state index in [0.29, 0.717) is 0 Å². The van der Waals surface area contributed by atoms with Gasteiger partial charge in [0.05, 0.1) is 0 Å². The van der Waals surface area contributed by atoms with Crippen LogP contribution in [0.4, 0.5) is 0 Å². The summed E-state index contributed by atoms with van der Waals surface area (Å²) in [5.74, 6) is 6.76. The van der Waals surface area contributed by atoms with Gasteiger partial charge in [-0.3, -0.25) is 0 Å². The van der Waals surface area contributed by atoms with E-state index in [0.717, 1.165) is 48.0 Å². The Labute approximate surface area is 193 Å². The fourth-order valence-electron chi connectivity index (χ4n) is 6.71. The number of unbranched alkanes of at least 4 members (excludes halogenated alkanes) is 2. The number of rotatable bonds is 17. The quantitative estimate of drug-likeness (QED) is 0.258. The summed E-state index contributed by atoms with van der Waals surface area (Å²) in [5.41, 5.74) is 0. The SMILES string of the molecule is CCNCCCCNCC1CC1CNCCCCNCC1C(C)CC2CC(C)CC1C2. The van der Waals surface area contributed by atoms with Crippen LogP contribution in [-0.2, 0) is 0 Å². The summed E-state index contributed by atoms with van der Waals surface area (Å²) in [6.45, 7) is 16.8. The lowest BCUT2D eigenvalue weighted by molar-refractivity contribution is 0.0468. The lowest BCUT2D eigenvalue weighted by Crippen LogP contribution is -2.42. The number of hydrogen-bond acceptors (Lipinski definition) is 4. The van der Waals surface area contributed by atoms with Gasteiger partial charge in [-0.25, -0.2) is 0 Å². The molecule has 0 aliphatic heterocycles. The topological polar surface area (TPSA) is 48.1 Å². The molecule has 0 aromatic carbocycles. The molecule has 0 aromatic heterocycles. The molecule has 0 heterocycles. The molecule has 4 nitrogen and oxygen atoms in total. The highest BCUT2D eigenvalue weighted by Crippen LogP contribution is 2.47. The van der Waals surface area contributed by atoms with E-state index in [1.165, 1.54) is 104 Å². The largest absolute Gasteiger partial charge is 0.317 e. The van der Waals surface area contributed by atoms with E-state index in [1.807, 2.05) is 0 Å². The van der Waals surface area contributed by atoms with E-state index >= 15 is 0 Å². The average molecular weight is 435 g/mol. The van der Waals surface area contributed by atoms with E-state index in [1.54, 1.807) is 0 Å². The van der Waals surface area contributed by atoms with Crippen LogP contribution in [0.1, 0.15) is 78.6 Å². The molecule has 2 bridgehead atoms. The molecule has 0 radical (unpaired) electrons. The van der Waals surface area contributed by atoms with Crippen LogP contribution in [0, 0.1) is 41.4 Å². The molecule has 7 unspecified atom stereocenters. The fraction of sp³-hybridized carbons (Fsp3) is 1.00. The molecule has 31 heavy (non-hydrogen) atoms. The van der Waals surface area contributed by atoms with Crippen molar-refractivity contribution in [3.05, 3.63) is 0 Å². The molecule has 0 amide bonds. The Morgan fingerprint density at radius 1 is 0.613 bits per heavy atom. The molecule has 3 fully saturated rings. The molecule has 0 spiro atoms. The standard InChI is InChI=1S/C27H54N4/c1-4-28-9-5-6-10-29-18-25-17-26(25)19-30-11-7-8-12-31-20-27-22(3)15-23-13-21(2)14-24(27)16-23/h21-31H,4-20H2,1-3H3. The summed E-state index contributed by atoms with van der Waals surface area (Å²) < 4.78 is 0. The first-order chi connectivity index (χ1) is 15.2. The van der Waals surface area contributed by atoms with E-state index in [9.17, 15) is 0 Å². The van der Waals surface area contributed by atoms with Gasteiger partial charge in [-0.2, -0.15) is 0 Å². The van der Waals surface area contributed by atoms with Gasteiger partial charge in [0.2, 0.25) is 0 Å². The summed E-state index contributed by atoms with van der Waals surface area (Å²) >= 11 is 0. The van der Waals surface area contributed by atoms with Gasteiger partial charge in [-0.1, -0.05) is 20.8 Å². The number of hydrogen-bond donors (Lipinski definition) is 4. The molecule has 0 saturated heterocycles. The monoisotopic (exact) mass is 434 g/mol. The lowest BCUT2D eigenvalue weighted by atomic mass is 9.60. The highest BCUT2D eigenvalue weighted by Gasteiger charge is 2.39. The first kappa shape index (κ1) is 25.5. The lowest BCUT2D eigenvalue weighted by Gasteiger charge is -2.46. The first-order valence-electron chi connectivity index (χ1n) is 14.0. The van der Waals surface area contributed by atoms with Gasteiger partial charge in [0, 0.05) is 0 Å². The van der Waals surface area contributed by atoms with Gasteiger partial charge in [-0.05, 0) is 152 Å². The van der Waals surface area contributed by atoms with Crippen LogP contribution >= 0.6 is 0 Å². The van der Waals surface area contributed by atoms with Crippen molar-refractivity contribution in [1.29, 1.82) is 0 Å². The predicted molar refractivity (Wildman–Crippen MR) is 134 cm³/mol.